The number of nitrogens with two attached hydrogens (primary N) is 2. The van der Waals surface area contributed by atoms with Crippen LogP contribution in [0.25, 0.3) is 22.2 Å². The molecule has 7 rings (SSSR count). The molecule has 0 spiro atoms. The number of ether oxygens (including phenoxy) is 2. The zero-order valence-corrected chi connectivity index (χ0v) is 32.1. The molecule has 20 nitrogen and oxygen atoms in total. The highest BCUT2D eigenvalue weighted by Gasteiger charge is 2.23. The predicted molar refractivity (Wildman–Crippen MR) is 213 cm³/mol. The fourth-order valence-corrected chi connectivity index (χ4v) is 6.69. The lowest BCUT2D eigenvalue weighted by molar-refractivity contribution is 0.0358. The quantitative estimate of drug-likeness (QED) is 0.0767. The Morgan fingerprint density at radius 1 is 0.793 bits per heavy atom. The highest BCUT2D eigenvalue weighted by Crippen LogP contribution is 2.31. The molecule has 1 aromatic carbocycles. The number of amides is 4. The van der Waals surface area contributed by atoms with Crippen LogP contribution in [0.1, 0.15) is 62.2 Å². The van der Waals surface area contributed by atoms with Crippen LogP contribution in [0.4, 0.5) is 11.9 Å². The highest BCUT2D eigenvalue weighted by atomic mass is 16.5. The van der Waals surface area contributed by atoms with Crippen LogP contribution >= 0.6 is 0 Å². The summed E-state index contributed by atoms with van der Waals surface area (Å²) < 4.78 is 18.6. The zero-order chi connectivity index (χ0) is 40.8. The second kappa shape index (κ2) is 17.5. The second-order valence-electron chi connectivity index (χ2n) is 13.3. The topological polar surface area (TPSA) is 250 Å². The third-order valence-electron chi connectivity index (χ3n) is 9.65. The first-order valence-corrected chi connectivity index (χ1v) is 18.9. The average Bonchev–Trinajstić information content (AvgIpc) is 4.03. The number of nitrogens with zero attached hydrogens (tertiary/aromatic N) is 10. The lowest BCUT2D eigenvalue weighted by Gasteiger charge is -2.26. The van der Waals surface area contributed by atoms with Crippen molar-refractivity contribution in [1.29, 1.82) is 0 Å². The van der Waals surface area contributed by atoms with E-state index in [1.54, 1.807) is 49.0 Å². The van der Waals surface area contributed by atoms with Crippen LogP contribution in [0.2, 0.25) is 0 Å². The standard InChI is InChI=1S/C38H44N14O6/c1-3-49-13-8-41-33(49)35(55)46-37-44-26-20-24(30(39)53)22-28(58-17-7-10-48-15-18-57-19-16-48)29(26)51(37)11-5-6-12-52-32-27(21-25(23-43-32)31(40)54)45-38(52)47-36(56)34-42-9-14-50(34)4-2/h5-6,8-9,13-14,20-23H,3-4,7,10-12,15-19H2,1-2H3,(H2,39,53)(H2,40,54)(H,44,46,55)(H,45,47,56)/b6-5+. The van der Waals surface area contributed by atoms with Crippen LogP contribution in [0.3, 0.4) is 0 Å². The van der Waals surface area contributed by atoms with Crippen molar-refractivity contribution in [3.8, 4) is 5.75 Å². The Morgan fingerprint density at radius 3 is 2.00 bits per heavy atom. The maximum absolute atomic E-state index is 13.6. The molecule has 0 unspecified atom stereocenters. The average molecular weight is 793 g/mol. The van der Waals surface area contributed by atoms with E-state index in [-0.39, 0.29) is 47.8 Å². The number of primary amides is 2. The molecule has 20 heteroatoms. The smallest absolute Gasteiger partial charge is 0.293 e. The third kappa shape index (κ3) is 8.42. The first-order valence-electron chi connectivity index (χ1n) is 18.9. The number of nitrogens with one attached hydrogen (secondary N) is 2. The Bertz CT molecular complexity index is 2510. The fourth-order valence-electron chi connectivity index (χ4n) is 6.69. The maximum Gasteiger partial charge on any atom is 0.293 e. The zero-order valence-electron chi connectivity index (χ0n) is 32.1. The van der Waals surface area contributed by atoms with Crippen LogP contribution < -0.4 is 26.8 Å². The number of anilines is 2. The summed E-state index contributed by atoms with van der Waals surface area (Å²) >= 11 is 0. The van der Waals surface area contributed by atoms with Crippen molar-refractivity contribution in [3.63, 3.8) is 0 Å². The molecule has 4 amide bonds. The fraction of sp³-hybridized carbons (Fsp3) is 0.342. The van der Waals surface area contributed by atoms with E-state index in [0.29, 0.717) is 67.3 Å². The van der Waals surface area contributed by atoms with Crippen molar-refractivity contribution in [2.24, 2.45) is 11.5 Å². The molecule has 1 aliphatic heterocycles. The molecule has 0 saturated carbocycles. The van der Waals surface area contributed by atoms with E-state index in [9.17, 15) is 19.2 Å². The van der Waals surface area contributed by atoms with E-state index < -0.39 is 23.6 Å². The molecule has 0 aliphatic carbocycles. The van der Waals surface area contributed by atoms with Crippen LogP contribution in [0, 0.1) is 0 Å². The first kappa shape index (κ1) is 39.3. The number of hydrogen-bond acceptors (Lipinski definition) is 12. The molecule has 1 fully saturated rings. The number of aryl methyl sites for hydroxylation is 2. The molecule has 6 N–H and O–H groups in total. The van der Waals surface area contributed by atoms with E-state index in [1.165, 1.54) is 18.5 Å². The molecule has 302 valence electrons. The summed E-state index contributed by atoms with van der Waals surface area (Å²) in [5.74, 6) is -1.17. The number of aromatic nitrogens is 9. The molecule has 6 heterocycles. The van der Waals surface area contributed by atoms with Gasteiger partial charge in [0.05, 0.1) is 30.9 Å². The van der Waals surface area contributed by atoms with Gasteiger partial charge in [-0.2, -0.15) is 0 Å². The van der Waals surface area contributed by atoms with Gasteiger partial charge in [0.15, 0.2) is 17.3 Å². The van der Waals surface area contributed by atoms with Crippen LogP contribution in [-0.2, 0) is 30.9 Å². The summed E-state index contributed by atoms with van der Waals surface area (Å²) in [6.45, 7) is 9.42. The molecular weight excluding hydrogens is 749 g/mol. The molecule has 1 aliphatic rings. The number of imidazole rings is 4. The Balaban J connectivity index is 1.21. The van der Waals surface area contributed by atoms with Gasteiger partial charge in [-0.1, -0.05) is 12.2 Å². The summed E-state index contributed by atoms with van der Waals surface area (Å²) in [6, 6.07) is 4.65. The molecular formula is C38H44N14O6. The minimum atomic E-state index is -0.670. The van der Waals surface area contributed by atoms with E-state index in [1.807, 2.05) is 26.0 Å². The lowest BCUT2D eigenvalue weighted by Crippen LogP contribution is -2.37. The van der Waals surface area contributed by atoms with Crippen molar-refractivity contribution in [3.05, 3.63) is 84.1 Å². The molecule has 5 aromatic heterocycles. The Hall–Kier alpha value is -6.93. The van der Waals surface area contributed by atoms with Gasteiger partial charge >= 0.3 is 0 Å². The van der Waals surface area contributed by atoms with Gasteiger partial charge in [0.1, 0.15) is 16.8 Å². The minimum absolute atomic E-state index is 0.161. The summed E-state index contributed by atoms with van der Waals surface area (Å²) in [6.07, 6.45) is 12.2. The summed E-state index contributed by atoms with van der Waals surface area (Å²) in [5.41, 5.74) is 13.3. The van der Waals surface area contributed by atoms with E-state index >= 15 is 0 Å². The van der Waals surface area contributed by atoms with Gasteiger partial charge in [-0.25, -0.2) is 24.9 Å². The highest BCUT2D eigenvalue weighted by molar-refractivity contribution is 6.04. The van der Waals surface area contributed by atoms with Crippen LogP contribution in [-0.4, -0.2) is 111 Å². The van der Waals surface area contributed by atoms with Crippen LogP contribution in [0.5, 0.6) is 5.75 Å². The van der Waals surface area contributed by atoms with Crippen molar-refractivity contribution < 1.29 is 28.7 Å². The van der Waals surface area contributed by atoms with Crippen molar-refractivity contribution in [2.75, 3.05) is 50.1 Å². The third-order valence-corrected chi connectivity index (χ3v) is 9.65. The largest absolute Gasteiger partial charge is 0.491 e. The van der Waals surface area contributed by atoms with Gasteiger partial charge in [0.25, 0.3) is 11.8 Å². The minimum Gasteiger partial charge on any atom is -0.491 e. The number of morpholine rings is 1. The Kier molecular flexibility index (Phi) is 11.8. The van der Waals surface area contributed by atoms with Gasteiger partial charge in [0.2, 0.25) is 23.7 Å². The first-order chi connectivity index (χ1) is 28.1. The number of pyridine rings is 1. The summed E-state index contributed by atoms with van der Waals surface area (Å²) in [7, 11) is 0. The summed E-state index contributed by atoms with van der Waals surface area (Å²) in [4.78, 5) is 75.8. The number of carbonyl (C=O) groups excluding carboxylic acids is 4. The Morgan fingerprint density at radius 2 is 1.38 bits per heavy atom. The monoisotopic (exact) mass is 792 g/mol. The number of carbonyl (C=O) groups is 4. The molecule has 0 radical (unpaired) electrons. The van der Waals surface area contributed by atoms with Gasteiger partial charge in [-0.05, 0) is 38.5 Å². The van der Waals surface area contributed by atoms with Crippen molar-refractivity contribution in [2.45, 2.75) is 46.4 Å². The van der Waals surface area contributed by atoms with Gasteiger partial charge in [-0.3, -0.25) is 39.3 Å². The number of fused-ring (bicyclic) bond motifs is 2. The molecule has 0 bridgehead atoms. The molecule has 6 aromatic rings. The van der Waals surface area contributed by atoms with Crippen molar-refractivity contribution in [1.82, 2.24) is 48.1 Å². The number of benzene rings is 1. The second-order valence-corrected chi connectivity index (χ2v) is 13.3. The number of hydrogen-bond donors (Lipinski definition) is 4. The molecule has 58 heavy (non-hydrogen) atoms. The van der Waals surface area contributed by atoms with Gasteiger partial charge in [-0.15, -0.1) is 0 Å². The van der Waals surface area contributed by atoms with Crippen molar-refractivity contribution >= 4 is 57.7 Å². The SMILES string of the molecule is CCn1ccnc1C(=O)Nc1nc2cc(C(N)=O)cnc2n1C/C=C/Cn1c(NC(=O)c2nccn2CC)nc2cc(C(N)=O)cc(OCCCN3CCOCC3)c21. The van der Waals surface area contributed by atoms with Gasteiger partial charge < -0.3 is 34.6 Å². The Labute approximate surface area is 331 Å². The van der Waals surface area contributed by atoms with Crippen LogP contribution in [0.15, 0.2) is 61.3 Å². The molecule has 0 atom stereocenters. The summed E-state index contributed by atoms with van der Waals surface area (Å²) in [5, 5.41) is 5.73. The maximum atomic E-state index is 13.6. The predicted octanol–water partition coefficient (Wildman–Crippen LogP) is 2.27. The lowest BCUT2D eigenvalue weighted by atomic mass is 10.1. The van der Waals surface area contributed by atoms with E-state index in [2.05, 4.69) is 35.5 Å². The normalized spacial score (nSPS) is 13.4. The van der Waals surface area contributed by atoms with E-state index in [4.69, 9.17) is 25.9 Å². The van der Waals surface area contributed by atoms with E-state index in [0.717, 1.165) is 19.6 Å². The number of allylic oxidation sites excluding steroid dienone is 2. The number of rotatable bonds is 17. The molecule has 1 saturated heterocycles. The van der Waals surface area contributed by atoms with Gasteiger partial charge in [0, 0.05) is 82.4 Å².